The van der Waals surface area contributed by atoms with E-state index in [0.29, 0.717) is 39.0 Å². The second-order valence-electron chi connectivity index (χ2n) is 8.26. The summed E-state index contributed by atoms with van der Waals surface area (Å²) in [6.45, 7) is 13.6. The van der Waals surface area contributed by atoms with Gasteiger partial charge in [0, 0.05) is 25.9 Å². The molecule has 0 saturated heterocycles. The van der Waals surface area contributed by atoms with Crippen LogP contribution in [0.25, 0.3) is 0 Å². The molecule has 10 nitrogen and oxygen atoms in total. The number of amides is 2. The zero-order valence-electron chi connectivity index (χ0n) is 22.2. The van der Waals surface area contributed by atoms with E-state index in [9.17, 15) is 19.2 Å². The van der Waals surface area contributed by atoms with E-state index in [2.05, 4.69) is 30.3 Å². The number of carboxylic acid groups (broad SMARTS) is 1. The van der Waals surface area contributed by atoms with Gasteiger partial charge in [-0.15, -0.1) is 0 Å². The average Bonchev–Trinajstić information content (AvgIpc) is 2.70. The normalized spacial score (nSPS) is 10.5. The minimum absolute atomic E-state index is 0.0514. The molecular weight excluding hydrogens is 458 g/mol. The Morgan fingerprint density at radius 1 is 0.875 bits per heavy atom. The van der Waals surface area contributed by atoms with Crippen LogP contribution in [0.1, 0.15) is 74.1 Å². The molecule has 0 aliphatic heterocycles. The van der Waals surface area contributed by atoms with E-state index in [4.69, 9.17) is 21.9 Å². The summed E-state index contributed by atoms with van der Waals surface area (Å²) in [6.07, 6.45) is 0.353. The maximum absolute atomic E-state index is 11.2. The van der Waals surface area contributed by atoms with Gasteiger partial charge in [-0.3, -0.25) is 9.59 Å². The van der Waals surface area contributed by atoms with Crippen molar-refractivity contribution >= 4 is 43.8 Å². The highest BCUT2D eigenvalue weighted by Gasteiger charge is 2.16. The number of ether oxygens (including phenoxy) is 3. The molecule has 32 heavy (non-hydrogen) atoms. The molecule has 0 aromatic carbocycles. The van der Waals surface area contributed by atoms with E-state index in [-0.39, 0.29) is 12.4 Å². The molecule has 0 atom stereocenters. The molecule has 192 valence electrons. The summed E-state index contributed by atoms with van der Waals surface area (Å²) in [4.78, 5) is 43.3. The number of nitrogens with one attached hydrogen (secondary N) is 2. The quantitative estimate of drug-likeness (QED) is 0.184. The molecule has 0 aromatic heterocycles. The third kappa shape index (κ3) is 33.0. The van der Waals surface area contributed by atoms with Gasteiger partial charge in [-0.2, -0.15) is 0 Å². The molecule has 0 heterocycles. The number of hydrogen-bond acceptors (Lipinski definition) is 7. The van der Waals surface area contributed by atoms with Gasteiger partial charge in [-0.1, -0.05) is 0 Å². The summed E-state index contributed by atoms with van der Waals surface area (Å²) in [5, 5.41) is 13.4. The third-order valence-electron chi connectivity index (χ3n) is 2.77. The monoisotopic (exact) mass is 503 g/mol. The molecule has 0 bridgehead atoms. The molecule has 0 rings (SSSR count). The number of carboxylic acids is 1. The maximum Gasteiger partial charge on any atom is 0.407 e. The highest BCUT2D eigenvalue weighted by Crippen LogP contribution is 2.07. The summed E-state index contributed by atoms with van der Waals surface area (Å²) in [6, 6.07) is 0. The number of hydrogen-bond donors (Lipinski definition) is 3. The number of aliphatic carboxylic acids is 1. The molecule has 0 radical (unpaired) electrons. The van der Waals surface area contributed by atoms with Crippen LogP contribution in [0.5, 0.6) is 0 Å². The molecule has 2 amide bonds. The van der Waals surface area contributed by atoms with Gasteiger partial charge in [0.2, 0.25) is 0 Å². The van der Waals surface area contributed by atoms with Crippen molar-refractivity contribution in [2.75, 3.05) is 19.7 Å². The SMILES string of the molecule is CC(C)(C)OC(=O)NCCCC(=O)O.CCOC(=O)CCCNC(=O)OC(C)(C)C.[3H][P-2].[3H][PH-]. The van der Waals surface area contributed by atoms with Crippen molar-refractivity contribution in [3.63, 3.8) is 0 Å². The minimum Gasteiger partial charge on any atom is -1.51 e. The standard InChI is InChI=1S/C11H21NO4.C9H17NO4.H2P.HP/c1-5-15-9(13)7-6-8-12-10(14)16-11(2,3)4;1-9(2,3)14-8(13)10-6-4-5-7(11)12;;/h5-8H2,1-4H3,(H,12,14);4-6H2,1-3H3,(H,10,13)(H,11,12);1H2;1H/q;;-1;-2/i;;2*1T. The highest BCUT2D eigenvalue weighted by atomic mass is 31.0. The molecule has 3 N–H and O–H groups in total. The van der Waals surface area contributed by atoms with Crippen LogP contribution >= 0.6 is 19.7 Å². The molecule has 0 aromatic rings. The Hall–Kier alpha value is -1.66. The molecule has 0 aliphatic carbocycles. The van der Waals surface area contributed by atoms with Gasteiger partial charge in [0.25, 0.3) is 0 Å². The van der Waals surface area contributed by atoms with Crippen LogP contribution in [0.15, 0.2) is 0 Å². The summed E-state index contributed by atoms with van der Waals surface area (Å²) < 4.78 is 25.7. The Morgan fingerprint density at radius 2 is 1.25 bits per heavy atom. The molecule has 0 aliphatic rings. The summed E-state index contributed by atoms with van der Waals surface area (Å²) in [5.74, 6) is -1.11. The van der Waals surface area contributed by atoms with Gasteiger partial charge in [-0.25, -0.2) is 10.9 Å². The highest BCUT2D eigenvalue weighted by molar-refractivity contribution is 6.92. The van der Waals surface area contributed by atoms with E-state index in [1.54, 1.807) is 48.5 Å². The fourth-order valence-electron chi connectivity index (χ4n) is 1.71. The van der Waals surface area contributed by atoms with Gasteiger partial charge in [0.15, 0.2) is 0 Å². The first-order valence-corrected chi connectivity index (χ1v) is 9.97. The molecule has 12 heteroatoms. The van der Waals surface area contributed by atoms with Crippen LogP contribution in [0.3, 0.4) is 0 Å². The topological polar surface area (TPSA) is 140 Å². The van der Waals surface area contributed by atoms with Gasteiger partial charge in [0.1, 0.15) is 11.2 Å². The van der Waals surface area contributed by atoms with Crippen molar-refractivity contribution in [2.45, 2.75) is 85.4 Å². The van der Waals surface area contributed by atoms with Crippen molar-refractivity contribution in [2.24, 2.45) is 0 Å². The Labute approximate surface area is 201 Å². The number of esters is 1. The van der Waals surface area contributed by atoms with Crippen LogP contribution in [0.2, 0.25) is 0 Å². The van der Waals surface area contributed by atoms with E-state index >= 15 is 0 Å². The van der Waals surface area contributed by atoms with E-state index in [0.717, 1.165) is 0 Å². The van der Waals surface area contributed by atoms with E-state index in [1.165, 1.54) is 0 Å². The van der Waals surface area contributed by atoms with Crippen molar-refractivity contribution in [1.29, 1.82) is 2.56 Å². The van der Waals surface area contributed by atoms with Gasteiger partial charge in [0.05, 0.1) is 6.61 Å². The van der Waals surface area contributed by atoms with Crippen LogP contribution in [0, 0.1) is 0 Å². The first-order chi connectivity index (χ1) is 15.7. The summed E-state index contributed by atoms with van der Waals surface area (Å²) in [5.41, 5.74) is -1.01. The first-order valence-electron chi connectivity index (χ1n) is 10.9. The molecule has 0 fully saturated rings. The lowest BCUT2D eigenvalue weighted by molar-refractivity contribution is -0.143. The average molecular weight is 504 g/mol. The smallest absolute Gasteiger partial charge is 0.407 e. The minimum atomic E-state index is -0.865. The summed E-state index contributed by atoms with van der Waals surface area (Å²) >= 11 is 0. The van der Waals surface area contributed by atoms with Crippen LogP contribution in [-0.2, 0) is 23.8 Å². The predicted octanol–water partition coefficient (Wildman–Crippen LogP) is 4.15. The molecular formula is C20H41N2O8P2-3. The van der Waals surface area contributed by atoms with Gasteiger partial charge >= 0.3 is 24.1 Å². The third-order valence-corrected chi connectivity index (χ3v) is 2.77. The van der Waals surface area contributed by atoms with Crippen molar-refractivity contribution in [1.82, 2.24) is 10.6 Å². The largest absolute Gasteiger partial charge is 1.51 e. The van der Waals surface area contributed by atoms with Crippen LogP contribution in [-0.4, -0.2) is 62.7 Å². The van der Waals surface area contributed by atoms with Gasteiger partial charge in [-0.05, 0) is 61.3 Å². The Balaban J connectivity index is -0.000000232. The molecule has 0 spiro atoms. The first kappa shape index (κ1) is 32.5. The zero-order chi connectivity index (χ0) is 27.8. The number of alkyl carbamates (subject to hydrolysis) is 2. The van der Waals surface area contributed by atoms with Crippen LogP contribution < -0.4 is 10.6 Å². The van der Waals surface area contributed by atoms with Crippen molar-refractivity contribution in [3.8, 4) is 0 Å². The summed E-state index contributed by atoms with van der Waals surface area (Å²) in [7, 11) is 5.00. The number of carbonyl (C=O) groups is 4. The Kier molecular flexibility index (Phi) is 20.3. The van der Waals surface area contributed by atoms with Crippen molar-refractivity contribution in [3.05, 3.63) is 0 Å². The van der Waals surface area contributed by atoms with E-state index in [1.807, 2.05) is 0 Å². The number of rotatable bonds is 9. The fourth-order valence-corrected chi connectivity index (χ4v) is 1.71. The Bertz CT molecular complexity index is 558. The Morgan fingerprint density at radius 3 is 1.56 bits per heavy atom. The maximum atomic E-state index is 11.2. The van der Waals surface area contributed by atoms with E-state index < -0.39 is 29.4 Å². The van der Waals surface area contributed by atoms with Crippen molar-refractivity contribution < 1.29 is 38.5 Å². The lowest BCUT2D eigenvalue weighted by atomic mass is 10.2. The molecule has 0 saturated carbocycles. The van der Waals surface area contributed by atoms with Gasteiger partial charge < -0.3 is 50.9 Å². The second-order valence-corrected chi connectivity index (χ2v) is 8.26. The molecule has 0 unspecified atom stereocenters. The lowest BCUT2D eigenvalue weighted by Gasteiger charge is -2.19. The zero-order valence-corrected chi connectivity index (χ0v) is 22.1. The fraction of sp³-hybridized carbons (Fsp3) is 0.800. The lowest BCUT2D eigenvalue weighted by Crippen LogP contribution is -2.33. The second kappa shape index (κ2) is 20.0. The number of carbonyl (C=O) groups excluding carboxylic acids is 3. The predicted molar refractivity (Wildman–Crippen MR) is 129 cm³/mol. The van der Waals surface area contributed by atoms with Crippen LogP contribution in [0.4, 0.5) is 9.59 Å².